The van der Waals surface area contributed by atoms with Gasteiger partial charge in [-0.05, 0) is 67.4 Å². The molecule has 0 spiro atoms. The first-order valence-electron chi connectivity index (χ1n) is 7.98. The van der Waals surface area contributed by atoms with E-state index in [0.717, 1.165) is 40.6 Å². The third-order valence-corrected chi connectivity index (χ3v) is 5.43. The van der Waals surface area contributed by atoms with Gasteiger partial charge in [0, 0.05) is 10.4 Å². The van der Waals surface area contributed by atoms with Gasteiger partial charge < -0.3 is 10.7 Å². The molecular weight excluding hydrogens is 369 g/mol. The number of hydrogen-bond donors (Lipinski definition) is 2. The van der Waals surface area contributed by atoms with Gasteiger partial charge in [0.1, 0.15) is 0 Å². The van der Waals surface area contributed by atoms with E-state index >= 15 is 0 Å². The lowest BCUT2D eigenvalue weighted by Crippen LogP contribution is -2.05. The monoisotopic (exact) mass is 386 g/mol. The first-order chi connectivity index (χ1) is 11.8. The van der Waals surface area contributed by atoms with E-state index in [-0.39, 0.29) is 10.5 Å². The average Bonchev–Trinajstić information content (AvgIpc) is 3.10. The summed E-state index contributed by atoms with van der Waals surface area (Å²) < 4.78 is 40.4. The number of nitrogens with two attached hydrogens (primary N) is 1. The van der Waals surface area contributed by atoms with Gasteiger partial charge in [-0.15, -0.1) is 11.3 Å². The van der Waals surface area contributed by atoms with Crippen molar-refractivity contribution in [3.05, 3.63) is 45.3 Å². The number of alkyl halides is 3. The normalized spacial score (nSPS) is 12.2. The number of aryl methyl sites for hydroxylation is 2. The number of H-pyrrole nitrogens is 1. The van der Waals surface area contributed by atoms with Gasteiger partial charge in [0.15, 0.2) is 0 Å². The molecule has 25 heavy (non-hydrogen) atoms. The number of aromatic nitrogens is 1. The van der Waals surface area contributed by atoms with Crippen LogP contribution in [0.1, 0.15) is 29.5 Å². The fourth-order valence-corrected chi connectivity index (χ4v) is 4.16. The molecule has 0 aliphatic heterocycles. The third-order valence-electron chi connectivity index (χ3n) is 4.14. The predicted octanol–water partition coefficient (Wildman–Crippen LogP) is 6.16. The number of rotatable bonds is 5. The summed E-state index contributed by atoms with van der Waals surface area (Å²) in [6.07, 6.45) is -2.18. The molecule has 134 valence electrons. The molecular formula is C18H18ClF3N2S. The Kier molecular flexibility index (Phi) is 5.14. The maximum atomic E-state index is 13.5. The average molecular weight is 387 g/mol. The summed E-state index contributed by atoms with van der Waals surface area (Å²) in [6, 6.07) is 4.58. The number of benzene rings is 1. The molecule has 0 fully saturated rings. The fraction of sp³-hybridized carbons (Fsp3) is 0.333. The van der Waals surface area contributed by atoms with Gasteiger partial charge in [0.25, 0.3) is 0 Å². The van der Waals surface area contributed by atoms with E-state index in [4.69, 9.17) is 17.3 Å². The van der Waals surface area contributed by atoms with Crippen LogP contribution in [-0.4, -0.2) is 11.5 Å². The highest BCUT2D eigenvalue weighted by Gasteiger charge is 2.34. The molecule has 0 unspecified atom stereocenters. The number of thiophene rings is 1. The second kappa shape index (κ2) is 7.02. The molecule has 0 atom stereocenters. The van der Waals surface area contributed by atoms with E-state index in [2.05, 4.69) is 4.98 Å². The number of nitrogens with one attached hydrogen (secondary N) is 1. The largest absolute Gasteiger partial charge is 0.418 e. The van der Waals surface area contributed by atoms with Crippen LogP contribution in [0.4, 0.5) is 13.2 Å². The van der Waals surface area contributed by atoms with E-state index < -0.39 is 11.7 Å². The Morgan fingerprint density at radius 2 is 1.96 bits per heavy atom. The number of aromatic amines is 1. The number of halogens is 4. The molecule has 0 amide bonds. The Hall–Kier alpha value is -1.50. The maximum absolute atomic E-state index is 13.5. The van der Waals surface area contributed by atoms with Crippen molar-refractivity contribution >= 4 is 33.8 Å². The van der Waals surface area contributed by atoms with Gasteiger partial charge in [0.05, 0.1) is 21.7 Å². The van der Waals surface area contributed by atoms with Crippen LogP contribution in [0.25, 0.3) is 21.5 Å². The quantitative estimate of drug-likeness (QED) is 0.507. The molecule has 3 N–H and O–H groups in total. The Morgan fingerprint density at radius 3 is 2.56 bits per heavy atom. The topological polar surface area (TPSA) is 41.8 Å². The number of fused-ring (bicyclic) bond motifs is 1. The molecule has 0 radical (unpaired) electrons. The van der Waals surface area contributed by atoms with E-state index in [1.807, 2.05) is 18.4 Å². The molecule has 1 aromatic carbocycles. The lowest BCUT2D eigenvalue weighted by atomic mass is 10.0. The first-order valence-corrected chi connectivity index (χ1v) is 9.24. The third kappa shape index (κ3) is 3.71. The van der Waals surface area contributed by atoms with Crippen molar-refractivity contribution in [2.24, 2.45) is 5.73 Å². The lowest BCUT2D eigenvalue weighted by molar-refractivity contribution is -0.136. The predicted molar refractivity (Wildman–Crippen MR) is 98.4 cm³/mol. The highest BCUT2D eigenvalue weighted by Crippen LogP contribution is 2.42. The van der Waals surface area contributed by atoms with Gasteiger partial charge in [-0.25, -0.2) is 0 Å². The van der Waals surface area contributed by atoms with Crippen molar-refractivity contribution < 1.29 is 13.2 Å². The molecule has 3 aromatic rings. The van der Waals surface area contributed by atoms with Crippen LogP contribution in [0.3, 0.4) is 0 Å². The molecule has 0 aliphatic rings. The van der Waals surface area contributed by atoms with E-state index in [1.165, 1.54) is 11.3 Å². The molecule has 0 saturated heterocycles. The zero-order valence-electron chi connectivity index (χ0n) is 13.6. The van der Waals surface area contributed by atoms with E-state index in [0.29, 0.717) is 18.4 Å². The Morgan fingerprint density at radius 1 is 1.20 bits per heavy atom. The summed E-state index contributed by atoms with van der Waals surface area (Å²) in [6.45, 7) is 2.53. The fourth-order valence-electron chi connectivity index (χ4n) is 3.02. The minimum Gasteiger partial charge on any atom is -0.353 e. The van der Waals surface area contributed by atoms with E-state index in [1.54, 1.807) is 6.07 Å². The Balaban J connectivity index is 2.24. The van der Waals surface area contributed by atoms with Crippen molar-refractivity contribution in [2.45, 2.75) is 32.4 Å². The van der Waals surface area contributed by atoms with Crippen LogP contribution < -0.4 is 5.73 Å². The molecule has 0 bridgehead atoms. The van der Waals surface area contributed by atoms with Crippen molar-refractivity contribution in [1.82, 2.24) is 4.98 Å². The van der Waals surface area contributed by atoms with Crippen LogP contribution in [0.15, 0.2) is 23.6 Å². The Labute approximate surface area is 152 Å². The summed E-state index contributed by atoms with van der Waals surface area (Å²) in [5.74, 6) is 0. The molecule has 7 heteroatoms. The minimum absolute atomic E-state index is 0.0906. The van der Waals surface area contributed by atoms with Crippen molar-refractivity contribution in [2.75, 3.05) is 6.54 Å². The molecule has 3 rings (SSSR count). The number of hydrogen-bond acceptors (Lipinski definition) is 2. The zero-order valence-corrected chi connectivity index (χ0v) is 15.2. The Bertz CT molecular complexity index is 896. The van der Waals surface area contributed by atoms with Gasteiger partial charge in [-0.1, -0.05) is 11.6 Å². The van der Waals surface area contributed by atoms with Crippen LogP contribution >= 0.6 is 22.9 Å². The van der Waals surface area contributed by atoms with Crippen LogP contribution in [0.5, 0.6) is 0 Å². The molecule has 2 nitrogen and oxygen atoms in total. The number of unbranched alkanes of at least 4 members (excludes halogenated alkanes) is 1. The summed E-state index contributed by atoms with van der Waals surface area (Å²) in [5.41, 5.74) is 7.64. The van der Waals surface area contributed by atoms with Gasteiger partial charge in [0.2, 0.25) is 0 Å². The molecule has 2 aromatic heterocycles. The second-order valence-corrected chi connectivity index (χ2v) is 7.43. The zero-order chi connectivity index (χ0) is 18.2. The van der Waals surface area contributed by atoms with Crippen molar-refractivity contribution in [1.29, 1.82) is 0 Å². The smallest absolute Gasteiger partial charge is 0.353 e. The van der Waals surface area contributed by atoms with Gasteiger partial charge in [-0.2, -0.15) is 13.2 Å². The van der Waals surface area contributed by atoms with Crippen molar-refractivity contribution in [3.63, 3.8) is 0 Å². The SMILES string of the molecule is Cc1csc(-c2[nH]c3c(C(F)(F)F)cc(Cl)cc3c2CCCCN)c1. The van der Waals surface area contributed by atoms with Crippen LogP contribution in [-0.2, 0) is 12.6 Å². The van der Waals surface area contributed by atoms with Gasteiger partial charge >= 0.3 is 6.18 Å². The highest BCUT2D eigenvalue weighted by molar-refractivity contribution is 7.13. The van der Waals surface area contributed by atoms with Gasteiger partial charge in [-0.3, -0.25) is 0 Å². The summed E-state index contributed by atoms with van der Waals surface area (Å²) in [4.78, 5) is 3.95. The van der Waals surface area contributed by atoms with Crippen LogP contribution in [0.2, 0.25) is 5.02 Å². The summed E-state index contributed by atoms with van der Waals surface area (Å²) >= 11 is 7.51. The molecule has 2 heterocycles. The molecule has 0 aliphatic carbocycles. The standard InChI is InChI=1S/C18H18ClF3N2S/c1-10-6-15(25-9-10)17-12(4-2-3-5-23)13-7-11(19)8-14(16(13)24-17)18(20,21)22/h6-9,24H,2-5,23H2,1H3. The molecule has 0 saturated carbocycles. The lowest BCUT2D eigenvalue weighted by Gasteiger charge is -2.09. The van der Waals surface area contributed by atoms with Crippen molar-refractivity contribution in [3.8, 4) is 10.6 Å². The van der Waals surface area contributed by atoms with E-state index in [9.17, 15) is 13.2 Å². The minimum atomic E-state index is -4.47. The maximum Gasteiger partial charge on any atom is 0.418 e. The van der Waals surface area contributed by atoms with Crippen LogP contribution in [0, 0.1) is 6.92 Å². The second-order valence-electron chi connectivity index (χ2n) is 6.09. The first kappa shape index (κ1) is 18.3. The summed E-state index contributed by atoms with van der Waals surface area (Å²) in [7, 11) is 0. The highest BCUT2D eigenvalue weighted by atomic mass is 35.5. The summed E-state index contributed by atoms with van der Waals surface area (Å²) in [5, 5.41) is 2.62.